The van der Waals surface area contributed by atoms with E-state index in [4.69, 9.17) is 0 Å². The van der Waals surface area contributed by atoms with Crippen LogP contribution in [0.4, 0.5) is 17.1 Å². The number of H-pyrrole nitrogens is 1. The molecule has 0 aliphatic heterocycles. The van der Waals surface area contributed by atoms with E-state index < -0.39 is 0 Å². The fourth-order valence-corrected chi connectivity index (χ4v) is 2.93. The lowest BCUT2D eigenvalue weighted by Crippen LogP contribution is -2.21. The molecule has 0 atom stereocenters. The van der Waals surface area contributed by atoms with E-state index in [-0.39, 0.29) is 5.91 Å². The zero-order chi connectivity index (χ0) is 19.1. The summed E-state index contributed by atoms with van der Waals surface area (Å²) in [5, 5.41) is 13.0. The SMILES string of the molecule is CCN(CC)c1ccc(NC(=O)c2n[nH]cc2NCc2ccccc2)cc1. The molecule has 3 aromatic rings. The first-order valence-electron chi connectivity index (χ1n) is 9.19. The Morgan fingerprint density at radius 3 is 2.41 bits per heavy atom. The summed E-state index contributed by atoms with van der Waals surface area (Å²) in [5.41, 5.74) is 4.04. The molecular formula is C21H25N5O. The molecule has 0 radical (unpaired) electrons. The predicted octanol–water partition coefficient (Wildman–Crippen LogP) is 4.12. The molecule has 0 bridgehead atoms. The molecule has 140 valence electrons. The van der Waals surface area contributed by atoms with Crippen molar-refractivity contribution in [1.82, 2.24) is 10.2 Å². The van der Waals surface area contributed by atoms with E-state index in [9.17, 15) is 4.79 Å². The van der Waals surface area contributed by atoms with Crippen LogP contribution in [0, 0.1) is 0 Å². The highest BCUT2D eigenvalue weighted by Gasteiger charge is 2.15. The van der Waals surface area contributed by atoms with Gasteiger partial charge in [0.05, 0.1) is 5.69 Å². The molecule has 3 rings (SSSR count). The van der Waals surface area contributed by atoms with E-state index >= 15 is 0 Å². The van der Waals surface area contributed by atoms with E-state index in [0.29, 0.717) is 17.9 Å². The lowest BCUT2D eigenvalue weighted by Gasteiger charge is -2.21. The Labute approximate surface area is 159 Å². The van der Waals surface area contributed by atoms with Crippen molar-refractivity contribution in [3.8, 4) is 0 Å². The fraction of sp³-hybridized carbons (Fsp3) is 0.238. The van der Waals surface area contributed by atoms with Crippen molar-refractivity contribution in [2.45, 2.75) is 20.4 Å². The summed E-state index contributed by atoms with van der Waals surface area (Å²) >= 11 is 0. The van der Waals surface area contributed by atoms with E-state index in [1.54, 1.807) is 6.20 Å². The maximum absolute atomic E-state index is 12.6. The summed E-state index contributed by atoms with van der Waals surface area (Å²) in [6, 6.07) is 17.9. The van der Waals surface area contributed by atoms with Crippen molar-refractivity contribution in [3.05, 3.63) is 72.1 Å². The first-order chi connectivity index (χ1) is 13.2. The molecule has 0 saturated heterocycles. The minimum atomic E-state index is -0.248. The van der Waals surface area contributed by atoms with Gasteiger partial charge in [-0.3, -0.25) is 9.89 Å². The van der Waals surface area contributed by atoms with Crippen LogP contribution >= 0.6 is 0 Å². The molecule has 0 aliphatic carbocycles. The van der Waals surface area contributed by atoms with Gasteiger partial charge in [-0.1, -0.05) is 30.3 Å². The molecule has 0 saturated carbocycles. The van der Waals surface area contributed by atoms with Crippen LogP contribution < -0.4 is 15.5 Å². The molecule has 1 amide bonds. The molecule has 6 heteroatoms. The van der Waals surface area contributed by atoms with Crippen LogP contribution in [-0.4, -0.2) is 29.2 Å². The molecule has 0 unspecified atom stereocenters. The van der Waals surface area contributed by atoms with Crippen molar-refractivity contribution in [3.63, 3.8) is 0 Å². The second kappa shape index (κ2) is 8.89. The van der Waals surface area contributed by atoms with Crippen molar-refractivity contribution >= 4 is 23.0 Å². The highest BCUT2D eigenvalue weighted by Crippen LogP contribution is 2.20. The zero-order valence-corrected chi connectivity index (χ0v) is 15.7. The van der Waals surface area contributed by atoms with Crippen LogP contribution in [0.5, 0.6) is 0 Å². The monoisotopic (exact) mass is 363 g/mol. The summed E-state index contributed by atoms with van der Waals surface area (Å²) < 4.78 is 0. The van der Waals surface area contributed by atoms with Gasteiger partial charge in [0.15, 0.2) is 5.69 Å². The van der Waals surface area contributed by atoms with Crippen LogP contribution in [-0.2, 0) is 6.54 Å². The summed E-state index contributed by atoms with van der Waals surface area (Å²) in [5.74, 6) is -0.248. The van der Waals surface area contributed by atoms with Crippen molar-refractivity contribution in [2.24, 2.45) is 0 Å². The average molecular weight is 363 g/mol. The minimum absolute atomic E-state index is 0.248. The molecule has 0 spiro atoms. The fourth-order valence-electron chi connectivity index (χ4n) is 2.93. The number of benzene rings is 2. The number of hydrogen-bond acceptors (Lipinski definition) is 4. The third-order valence-electron chi connectivity index (χ3n) is 4.43. The number of amides is 1. The maximum Gasteiger partial charge on any atom is 0.278 e. The maximum atomic E-state index is 12.6. The van der Waals surface area contributed by atoms with Gasteiger partial charge in [0.1, 0.15) is 0 Å². The van der Waals surface area contributed by atoms with E-state index in [1.807, 2.05) is 54.6 Å². The smallest absolute Gasteiger partial charge is 0.278 e. The van der Waals surface area contributed by atoms with Gasteiger partial charge in [-0.05, 0) is 43.7 Å². The standard InChI is InChI=1S/C21H25N5O/c1-3-26(4-2)18-12-10-17(11-13-18)24-21(27)20-19(15-23-25-20)22-14-16-8-6-5-7-9-16/h5-13,15,22H,3-4,14H2,1-2H3,(H,23,25)(H,24,27). The van der Waals surface area contributed by atoms with Crippen molar-refractivity contribution in [2.75, 3.05) is 28.6 Å². The van der Waals surface area contributed by atoms with E-state index in [2.05, 4.69) is 39.6 Å². The largest absolute Gasteiger partial charge is 0.378 e. The number of aromatic nitrogens is 2. The van der Waals surface area contributed by atoms with Gasteiger partial charge >= 0.3 is 0 Å². The van der Waals surface area contributed by atoms with Crippen LogP contribution in [0.3, 0.4) is 0 Å². The molecule has 1 aromatic heterocycles. The highest BCUT2D eigenvalue weighted by atomic mass is 16.2. The number of aromatic amines is 1. The van der Waals surface area contributed by atoms with Gasteiger partial charge in [0, 0.05) is 37.2 Å². The van der Waals surface area contributed by atoms with Crippen LogP contribution in [0.2, 0.25) is 0 Å². The Morgan fingerprint density at radius 1 is 1.04 bits per heavy atom. The molecule has 3 N–H and O–H groups in total. The second-order valence-electron chi connectivity index (χ2n) is 6.16. The summed E-state index contributed by atoms with van der Waals surface area (Å²) in [6.07, 6.45) is 1.70. The third-order valence-corrected chi connectivity index (χ3v) is 4.43. The lowest BCUT2D eigenvalue weighted by atomic mass is 10.2. The van der Waals surface area contributed by atoms with Gasteiger partial charge < -0.3 is 15.5 Å². The Kier molecular flexibility index (Phi) is 6.10. The Morgan fingerprint density at radius 2 is 1.74 bits per heavy atom. The Hall–Kier alpha value is -3.28. The van der Waals surface area contributed by atoms with Gasteiger partial charge in [-0.25, -0.2) is 0 Å². The van der Waals surface area contributed by atoms with Gasteiger partial charge in [0.2, 0.25) is 0 Å². The van der Waals surface area contributed by atoms with E-state index in [0.717, 1.165) is 30.0 Å². The quantitative estimate of drug-likeness (QED) is 0.563. The topological polar surface area (TPSA) is 73.0 Å². The first kappa shape index (κ1) is 18.5. The van der Waals surface area contributed by atoms with Crippen molar-refractivity contribution in [1.29, 1.82) is 0 Å². The summed E-state index contributed by atoms with van der Waals surface area (Å²) in [6.45, 7) is 6.78. The van der Waals surface area contributed by atoms with Crippen LogP contribution in [0.1, 0.15) is 29.9 Å². The summed E-state index contributed by atoms with van der Waals surface area (Å²) in [4.78, 5) is 14.8. The average Bonchev–Trinajstić information content (AvgIpc) is 3.18. The van der Waals surface area contributed by atoms with Crippen LogP contribution in [0.25, 0.3) is 0 Å². The van der Waals surface area contributed by atoms with Crippen molar-refractivity contribution < 1.29 is 4.79 Å². The second-order valence-corrected chi connectivity index (χ2v) is 6.16. The van der Waals surface area contributed by atoms with Gasteiger partial charge in [-0.2, -0.15) is 5.10 Å². The molecule has 0 aliphatic rings. The Balaban J connectivity index is 1.64. The number of hydrogen-bond donors (Lipinski definition) is 3. The number of carbonyl (C=O) groups excluding carboxylic acids is 1. The summed E-state index contributed by atoms with van der Waals surface area (Å²) in [7, 11) is 0. The predicted molar refractivity (Wildman–Crippen MR) is 110 cm³/mol. The number of nitrogens with zero attached hydrogens (tertiary/aromatic N) is 2. The first-order valence-corrected chi connectivity index (χ1v) is 9.19. The molecule has 0 fully saturated rings. The molecular weight excluding hydrogens is 338 g/mol. The third kappa shape index (κ3) is 4.67. The van der Waals surface area contributed by atoms with Gasteiger partial charge in [0.25, 0.3) is 5.91 Å². The lowest BCUT2D eigenvalue weighted by molar-refractivity contribution is 0.102. The van der Waals surface area contributed by atoms with Gasteiger partial charge in [-0.15, -0.1) is 0 Å². The number of rotatable bonds is 8. The molecule has 1 heterocycles. The Bertz CT molecular complexity index is 854. The van der Waals surface area contributed by atoms with Crippen LogP contribution in [0.15, 0.2) is 60.8 Å². The number of carbonyl (C=O) groups is 1. The number of anilines is 3. The number of nitrogens with one attached hydrogen (secondary N) is 3. The van der Waals surface area contributed by atoms with E-state index in [1.165, 1.54) is 0 Å². The molecule has 2 aromatic carbocycles. The highest BCUT2D eigenvalue weighted by molar-refractivity contribution is 6.06. The minimum Gasteiger partial charge on any atom is -0.378 e. The molecule has 27 heavy (non-hydrogen) atoms. The molecule has 6 nitrogen and oxygen atoms in total. The normalized spacial score (nSPS) is 10.4. The zero-order valence-electron chi connectivity index (χ0n) is 15.7.